The van der Waals surface area contributed by atoms with E-state index in [4.69, 9.17) is 0 Å². The van der Waals surface area contributed by atoms with E-state index in [9.17, 15) is 0 Å². The Hall–Kier alpha value is -0.520. The van der Waals surface area contributed by atoms with E-state index in [1.807, 2.05) is 6.92 Å². The number of unbranched alkanes of at least 4 members (excludes halogenated alkanes) is 1. The molecule has 0 aliphatic carbocycles. The summed E-state index contributed by atoms with van der Waals surface area (Å²) < 4.78 is 0. The number of hydrogen-bond acceptors (Lipinski definition) is 2. The van der Waals surface area contributed by atoms with Crippen LogP contribution in [0, 0.1) is 11.8 Å². The van der Waals surface area contributed by atoms with E-state index < -0.39 is 0 Å². The summed E-state index contributed by atoms with van der Waals surface area (Å²) in [5.74, 6) is 6.07. The summed E-state index contributed by atoms with van der Waals surface area (Å²) in [5, 5.41) is 0. The fourth-order valence-electron chi connectivity index (χ4n) is 2.38. The van der Waals surface area contributed by atoms with E-state index in [0.717, 1.165) is 13.0 Å². The van der Waals surface area contributed by atoms with Crippen molar-refractivity contribution in [2.45, 2.75) is 45.4 Å². The molecule has 0 atom stereocenters. The Bertz CT molecular complexity index is 233. The van der Waals surface area contributed by atoms with Crippen molar-refractivity contribution in [1.82, 2.24) is 9.80 Å². The van der Waals surface area contributed by atoms with Crippen LogP contribution in [0.1, 0.15) is 45.4 Å². The fraction of sp³-hybridized carbons (Fsp3) is 0.867. The summed E-state index contributed by atoms with van der Waals surface area (Å²) >= 11 is 0. The molecule has 0 aromatic heterocycles. The molecular formula is C15H28N2. The van der Waals surface area contributed by atoms with E-state index in [1.54, 1.807) is 0 Å². The number of nitrogens with zero attached hydrogens (tertiary/aromatic N) is 2. The molecule has 0 N–H and O–H groups in total. The summed E-state index contributed by atoms with van der Waals surface area (Å²) in [5.41, 5.74) is 0. The first-order valence-corrected chi connectivity index (χ1v) is 7.13. The van der Waals surface area contributed by atoms with Crippen LogP contribution in [0.5, 0.6) is 0 Å². The molecule has 0 aromatic rings. The molecule has 1 aliphatic heterocycles. The monoisotopic (exact) mass is 236 g/mol. The number of likely N-dealkylation sites (tertiary alicyclic amines) is 1. The van der Waals surface area contributed by atoms with Crippen LogP contribution in [0.25, 0.3) is 0 Å². The highest BCUT2D eigenvalue weighted by molar-refractivity contribution is 4.95. The Morgan fingerprint density at radius 2 is 1.82 bits per heavy atom. The molecule has 2 heteroatoms. The van der Waals surface area contributed by atoms with Crippen molar-refractivity contribution in [3.63, 3.8) is 0 Å². The van der Waals surface area contributed by atoms with Gasteiger partial charge in [0.2, 0.25) is 0 Å². The Balaban J connectivity index is 1.93. The second-order valence-corrected chi connectivity index (χ2v) is 5.09. The zero-order valence-electron chi connectivity index (χ0n) is 11.7. The number of rotatable bonds is 7. The standard InChI is InChI=1S/C15H28N2/c1-3-4-6-11-16(2)12-9-10-15-17-13-7-5-8-14-17/h5-15H2,1-2H3. The van der Waals surface area contributed by atoms with Crippen molar-refractivity contribution in [3.8, 4) is 11.8 Å². The largest absolute Gasteiger partial charge is 0.305 e. The molecule has 0 spiro atoms. The van der Waals surface area contributed by atoms with Crippen molar-refractivity contribution < 1.29 is 0 Å². The molecule has 0 unspecified atom stereocenters. The molecule has 1 aliphatic rings. The molecule has 98 valence electrons. The molecule has 1 rings (SSSR count). The van der Waals surface area contributed by atoms with Gasteiger partial charge in [-0.1, -0.05) is 6.42 Å². The van der Waals surface area contributed by atoms with Gasteiger partial charge in [-0.3, -0.25) is 0 Å². The normalized spacial score (nSPS) is 16.9. The molecule has 1 heterocycles. The van der Waals surface area contributed by atoms with Gasteiger partial charge in [-0.15, -0.1) is 11.8 Å². The summed E-state index contributed by atoms with van der Waals surface area (Å²) in [6.45, 7) is 8.23. The van der Waals surface area contributed by atoms with Gasteiger partial charge in [-0.2, -0.15) is 0 Å². The van der Waals surface area contributed by atoms with E-state index in [-0.39, 0.29) is 0 Å². The van der Waals surface area contributed by atoms with E-state index in [0.29, 0.717) is 0 Å². The third-order valence-corrected chi connectivity index (χ3v) is 3.51. The Kier molecular flexibility index (Phi) is 8.13. The minimum atomic E-state index is 1.01. The van der Waals surface area contributed by atoms with Crippen LogP contribution in [0.2, 0.25) is 0 Å². The van der Waals surface area contributed by atoms with Crippen molar-refractivity contribution >= 4 is 0 Å². The molecule has 2 nitrogen and oxygen atoms in total. The van der Waals surface area contributed by atoms with Gasteiger partial charge in [-0.05, 0) is 65.8 Å². The maximum absolute atomic E-state index is 3.12. The molecule has 0 amide bonds. The Morgan fingerprint density at radius 3 is 2.53 bits per heavy atom. The molecule has 0 aromatic carbocycles. The van der Waals surface area contributed by atoms with Crippen molar-refractivity contribution in [2.75, 3.05) is 39.8 Å². The predicted molar refractivity (Wildman–Crippen MR) is 75.1 cm³/mol. The third-order valence-electron chi connectivity index (χ3n) is 3.51. The van der Waals surface area contributed by atoms with Crippen molar-refractivity contribution in [1.29, 1.82) is 0 Å². The first kappa shape index (κ1) is 14.5. The van der Waals surface area contributed by atoms with Gasteiger partial charge in [0.1, 0.15) is 0 Å². The summed E-state index contributed by atoms with van der Waals surface area (Å²) in [7, 11) is 2.21. The molecule has 0 bridgehead atoms. The lowest BCUT2D eigenvalue weighted by atomic mass is 10.1. The lowest BCUT2D eigenvalue weighted by Gasteiger charge is -2.26. The lowest BCUT2D eigenvalue weighted by molar-refractivity contribution is 0.219. The highest BCUT2D eigenvalue weighted by Gasteiger charge is 2.08. The third kappa shape index (κ3) is 7.41. The highest BCUT2D eigenvalue weighted by atomic mass is 15.1. The predicted octanol–water partition coefficient (Wildman–Crippen LogP) is 2.60. The molecule has 17 heavy (non-hydrogen) atoms. The first-order valence-electron chi connectivity index (χ1n) is 7.13. The average molecular weight is 236 g/mol. The van der Waals surface area contributed by atoms with Gasteiger partial charge >= 0.3 is 0 Å². The smallest absolute Gasteiger partial charge is 0.0216 e. The second-order valence-electron chi connectivity index (χ2n) is 5.09. The van der Waals surface area contributed by atoms with E-state index in [2.05, 4.69) is 28.7 Å². The molecule has 1 fully saturated rings. The maximum atomic E-state index is 3.12. The van der Waals surface area contributed by atoms with Crippen LogP contribution >= 0.6 is 0 Å². The lowest BCUT2D eigenvalue weighted by Crippen LogP contribution is -2.31. The van der Waals surface area contributed by atoms with Gasteiger partial charge in [0.25, 0.3) is 0 Å². The van der Waals surface area contributed by atoms with Crippen LogP contribution in [0.4, 0.5) is 0 Å². The number of piperidine rings is 1. The zero-order chi connectivity index (χ0) is 12.3. The van der Waals surface area contributed by atoms with Gasteiger partial charge in [0.05, 0.1) is 0 Å². The minimum Gasteiger partial charge on any atom is -0.305 e. The number of hydrogen-bond donors (Lipinski definition) is 0. The molecule has 1 saturated heterocycles. The van der Waals surface area contributed by atoms with Gasteiger partial charge < -0.3 is 9.80 Å². The van der Waals surface area contributed by atoms with Crippen LogP contribution in [0.15, 0.2) is 0 Å². The van der Waals surface area contributed by atoms with Gasteiger partial charge in [0, 0.05) is 13.0 Å². The Labute approximate surface area is 107 Å². The molecular weight excluding hydrogens is 208 g/mol. The minimum absolute atomic E-state index is 1.01. The highest BCUT2D eigenvalue weighted by Crippen LogP contribution is 2.09. The van der Waals surface area contributed by atoms with Crippen LogP contribution in [-0.2, 0) is 0 Å². The first-order chi connectivity index (χ1) is 8.33. The van der Waals surface area contributed by atoms with Crippen LogP contribution < -0.4 is 0 Å². The fourth-order valence-corrected chi connectivity index (χ4v) is 2.38. The van der Waals surface area contributed by atoms with Gasteiger partial charge in [0.15, 0.2) is 0 Å². The second kappa shape index (κ2) is 9.50. The average Bonchev–Trinajstić information content (AvgIpc) is 2.36. The van der Waals surface area contributed by atoms with E-state index >= 15 is 0 Å². The van der Waals surface area contributed by atoms with Gasteiger partial charge in [-0.25, -0.2) is 0 Å². The summed E-state index contributed by atoms with van der Waals surface area (Å²) in [4.78, 5) is 5.03. The summed E-state index contributed by atoms with van der Waals surface area (Å²) in [6, 6.07) is 0. The van der Waals surface area contributed by atoms with Crippen LogP contribution in [0.3, 0.4) is 0 Å². The SMILES string of the molecule is CC#CCCN(C)CCCCN1CCCCC1. The quantitative estimate of drug-likeness (QED) is 0.495. The topological polar surface area (TPSA) is 6.48 Å². The molecule has 0 saturated carbocycles. The van der Waals surface area contributed by atoms with E-state index in [1.165, 1.54) is 58.3 Å². The van der Waals surface area contributed by atoms with Crippen molar-refractivity contribution in [2.24, 2.45) is 0 Å². The van der Waals surface area contributed by atoms with Crippen LogP contribution in [-0.4, -0.2) is 49.6 Å². The van der Waals surface area contributed by atoms with Crippen molar-refractivity contribution in [3.05, 3.63) is 0 Å². The molecule has 0 radical (unpaired) electrons. The zero-order valence-corrected chi connectivity index (χ0v) is 11.7. The Morgan fingerprint density at radius 1 is 1.06 bits per heavy atom. The maximum Gasteiger partial charge on any atom is 0.0216 e. The summed E-state index contributed by atoms with van der Waals surface area (Å²) in [6.07, 6.45) is 7.96.